The van der Waals surface area contributed by atoms with Gasteiger partial charge in [-0.1, -0.05) is 13.3 Å². The largest absolute Gasteiger partial charge is 0.497 e. The third kappa shape index (κ3) is 10.1. The summed E-state index contributed by atoms with van der Waals surface area (Å²) in [6.07, 6.45) is 1.42. The van der Waals surface area contributed by atoms with Crippen molar-refractivity contribution in [3.8, 4) is 17.2 Å². The molecule has 0 atom stereocenters. The number of ether oxygens (including phenoxy) is 4. The van der Waals surface area contributed by atoms with E-state index in [4.69, 9.17) is 18.9 Å². The molecule has 0 aliphatic carbocycles. The molecule has 0 heterocycles. The number of hydrogen-bond donors (Lipinski definition) is 2. The molecule has 40 heavy (non-hydrogen) atoms. The van der Waals surface area contributed by atoms with Gasteiger partial charge in [0.1, 0.15) is 17.2 Å². The number of hydrogen-bond acceptors (Lipinski definition) is 8. The van der Waals surface area contributed by atoms with E-state index >= 15 is 0 Å². The third-order valence-electron chi connectivity index (χ3n) is 5.49. The van der Waals surface area contributed by atoms with Gasteiger partial charge in [-0.2, -0.15) is 0 Å². The minimum Gasteiger partial charge on any atom is -0.497 e. The Morgan fingerprint density at radius 2 is 1.23 bits per heavy atom. The van der Waals surface area contributed by atoms with Crippen LogP contribution in [0, 0.1) is 0 Å². The minimum absolute atomic E-state index is 0.111. The molecule has 0 radical (unpaired) electrons. The second kappa shape index (κ2) is 15.5. The highest BCUT2D eigenvalue weighted by Gasteiger charge is 2.12. The number of benzene rings is 3. The fourth-order valence-corrected chi connectivity index (χ4v) is 3.32. The van der Waals surface area contributed by atoms with E-state index < -0.39 is 24.5 Å². The fraction of sp³-hybridized carbons (Fsp3) is 0.267. The Balaban J connectivity index is 1.33. The van der Waals surface area contributed by atoms with Crippen molar-refractivity contribution < 1.29 is 38.1 Å². The maximum absolute atomic E-state index is 12.2. The summed E-state index contributed by atoms with van der Waals surface area (Å²) >= 11 is 0. The smallest absolute Gasteiger partial charge is 0.338 e. The van der Waals surface area contributed by atoms with E-state index in [1.54, 1.807) is 67.8 Å². The van der Waals surface area contributed by atoms with Crippen LogP contribution in [0.4, 0.5) is 11.4 Å². The maximum atomic E-state index is 12.2. The lowest BCUT2D eigenvalue weighted by Gasteiger charge is -2.09. The summed E-state index contributed by atoms with van der Waals surface area (Å²) in [5, 5.41) is 5.27. The highest BCUT2D eigenvalue weighted by atomic mass is 16.5. The van der Waals surface area contributed by atoms with E-state index in [9.17, 15) is 19.2 Å². The zero-order valence-electron chi connectivity index (χ0n) is 22.4. The molecular weight excluding hydrogens is 516 g/mol. The molecule has 0 saturated carbocycles. The van der Waals surface area contributed by atoms with Crippen molar-refractivity contribution in [1.82, 2.24) is 0 Å². The van der Waals surface area contributed by atoms with Crippen molar-refractivity contribution in [2.75, 3.05) is 31.0 Å². The van der Waals surface area contributed by atoms with Gasteiger partial charge in [0.05, 0.1) is 25.7 Å². The first-order valence-corrected chi connectivity index (χ1v) is 12.8. The number of unbranched alkanes of at least 4 members (excludes halogenated alkanes) is 1. The van der Waals surface area contributed by atoms with Gasteiger partial charge in [0.25, 0.3) is 5.91 Å². The van der Waals surface area contributed by atoms with Crippen LogP contribution < -0.4 is 20.1 Å². The molecule has 10 nitrogen and oxygen atoms in total. The number of carbonyl (C=O) groups excluding carboxylic acids is 4. The first kappa shape index (κ1) is 29.7. The number of carbonyl (C=O) groups is 4. The summed E-state index contributed by atoms with van der Waals surface area (Å²) in [6.45, 7) is 1.86. The zero-order valence-corrected chi connectivity index (χ0v) is 22.4. The lowest BCUT2D eigenvalue weighted by molar-refractivity contribution is -0.147. The van der Waals surface area contributed by atoms with Crippen LogP contribution in [0.15, 0.2) is 72.8 Å². The Bertz CT molecular complexity index is 1270. The molecule has 3 aromatic carbocycles. The Morgan fingerprint density at radius 1 is 0.675 bits per heavy atom. The average Bonchev–Trinajstić information content (AvgIpc) is 2.97. The number of methoxy groups -OCH3 is 1. The van der Waals surface area contributed by atoms with E-state index in [-0.39, 0.29) is 18.7 Å². The first-order valence-electron chi connectivity index (χ1n) is 12.8. The molecule has 3 rings (SSSR count). The molecule has 210 valence electrons. The van der Waals surface area contributed by atoms with E-state index in [2.05, 4.69) is 10.6 Å². The van der Waals surface area contributed by atoms with Crippen molar-refractivity contribution in [1.29, 1.82) is 0 Å². The van der Waals surface area contributed by atoms with Gasteiger partial charge in [0, 0.05) is 17.8 Å². The van der Waals surface area contributed by atoms with Gasteiger partial charge >= 0.3 is 11.9 Å². The molecule has 0 aliphatic heterocycles. The fourth-order valence-electron chi connectivity index (χ4n) is 3.32. The van der Waals surface area contributed by atoms with Crippen LogP contribution in [0.25, 0.3) is 0 Å². The Labute approximate surface area is 232 Å². The van der Waals surface area contributed by atoms with Gasteiger partial charge in [-0.25, -0.2) is 4.79 Å². The predicted octanol–water partition coefficient (Wildman–Crippen LogP) is 5.35. The second-order valence-electron chi connectivity index (χ2n) is 8.63. The van der Waals surface area contributed by atoms with E-state index in [1.807, 2.05) is 6.92 Å². The third-order valence-corrected chi connectivity index (χ3v) is 5.49. The van der Waals surface area contributed by atoms with Gasteiger partial charge < -0.3 is 29.6 Å². The van der Waals surface area contributed by atoms with E-state index in [1.165, 1.54) is 12.1 Å². The van der Waals surface area contributed by atoms with Gasteiger partial charge in [-0.15, -0.1) is 0 Å². The Kier molecular flexibility index (Phi) is 11.5. The molecule has 0 bridgehead atoms. The Morgan fingerprint density at radius 3 is 1.82 bits per heavy atom. The molecule has 0 saturated heterocycles. The molecule has 0 fully saturated rings. The zero-order chi connectivity index (χ0) is 28.7. The normalized spacial score (nSPS) is 10.2. The number of rotatable bonds is 14. The van der Waals surface area contributed by atoms with Gasteiger partial charge in [0.15, 0.2) is 6.61 Å². The topological polar surface area (TPSA) is 129 Å². The lowest BCUT2D eigenvalue weighted by Crippen LogP contribution is -2.21. The van der Waals surface area contributed by atoms with Crippen molar-refractivity contribution in [3.05, 3.63) is 78.4 Å². The highest BCUT2D eigenvalue weighted by Crippen LogP contribution is 2.25. The van der Waals surface area contributed by atoms with Crippen molar-refractivity contribution in [3.63, 3.8) is 0 Å². The van der Waals surface area contributed by atoms with Crippen LogP contribution >= 0.6 is 0 Å². The lowest BCUT2D eigenvalue weighted by atomic mass is 10.2. The number of esters is 2. The van der Waals surface area contributed by atoms with Crippen LogP contribution in [0.5, 0.6) is 17.2 Å². The number of anilines is 2. The minimum atomic E-state index is -0.682. The highest BCUT2D eigenvalue weighted by molar-refractivity contribution is 5.95. The van der Waals surface area contributed by atoms with Gasteiger partial charge in [-0.05, 0) is 79.2 Å². The monoisotopic (exact) mass is 548 g/mol. The summed E-state index contributed by atoms with van der Waals surface area (Å²) < 4.78 is 21.0. The standard InChI is InChI=1S/C30H32N2O8/c1-3-4-19-38-30(36)21-5-7-22(8-6-21)32-28(34)20-39-29(35)18-17-27(33)31-23-9-11-25(12-10-23)40-26-15-13-24(37-2)14-16-26/h5-16H,3-4,17-20H2,1-2H3,(H,31,33)(H,32,34). The average molecular weight is 549 g/mol. The summed E-state index contributed by atoms with van der Waals surface area (Å²) in [7, 11) is 1.59. The van der Waals surface area contributed by atoms with Crippen molar-refractivity contribution >= 4 is 35.1 Å². The van der Waals surface area contributed by atoms with E-state index in [0.717, 1.165) is 18.6 Å². The summed E-state index contributed by atoms with van der Waals surface area (Å²) in [4.78, 5) is 48.2. The molecule has 2 N–H and O–H groups in total. The summed E-state index contributed by atoms with van der Waals surface area (Å²) in [5.74, 6) is -0.0824. The molecule has 0 aliphatic rings. The molecule has 10 heteroatoms. The van der Waals surface area contributed by atoms with Crippen LogP contribution in [0.2, 0.25) is 0 Å². The van der Waals surface area contributed by atoms with Crippen LogP contribution in [-0.2, 0) is 23.9 Å². The van der Waals surface area contributed by atoms with Gasteiger partial charge in [-0.3, -0.25) is 14.4 Å². The first-order chi connectivity index (χ1) is 19.4. The second-order valence-corrected chi connectivity index (χ2v) is 8.63. The molecule has 0 aromatic heterocycles. The van der Waals surface area contributed by atoms with Gasteiger partial charge in [0.2, 0.25) is 5.91 Å². The molecule has 2 amide bonds. The van der Waals surface area contributed by atoms with E-state index in [0.29, 0.717) is 35.0 Å². The molecular formula is C30H32N2O8. The molecule has 0 spiro atoms. The Hall–Kier alpha value is -4.86. The van der Waals surface area contributed by atoms with Crippen LogP contribution in [-0.4, -0.2) is 44.1 Å². The quantitative estimate of drug-likeness (QED) is 0.204. The predicted molar refractivity (Wildman–Crippen MR) is 149 cm³/mol. The van der Waals surface area contributed by atoms with Crippen molar-refractivity contribution in [2.24, 2.45) is 0 Å². The number of nitrogens with one attached hydrogen (secondary N) is 2. The molecule has 3 aromatic rings. The maximum Gasteiger partial charge on any atom is 0.338 e. The van der Waals surface area contributed by atoms with Crippen LogP contribution in [0.3, 0.4) is 0 Å². The van der Waals surface area contributed by atoms with Crippen molar-refractivity contribution in [2.45, 2.75) is 32.6 Å². The number of amides is 2. The van der Waals surface area contributed by atoms with Crippen LogP contribution in [0.1, 0.15) is 43.0 Å². The molecule has 0 unspecified atom stereocenters. The summed E-state index contributed by atoms with van der Waals surface area (Å²) in [5.41, 5.74) is 1.35. The summed E-state index contributed by atoms with van der Waals surface area (Å²) in [6, 6.07) is 20.1. The SMILES string of the molecule is CCCCOC(=O)c1ccc(NC(=O)COC(=O)CCC(=O)Nc2ccc(Oc3ccc(OC)cc3)cc2)cc1.